The molecule has 0 radical (unpaired) electrons. The second-order valence-electron chi connectivity index (χ2n) is 4.53. The number of unbranched alkanes of at least 4 members (excludes halogenated alkanes) is 2. The highest BCUT2D eigenvalue weighted by molar-refractivity contribution is 7.71. The lowest BCUT2D eigenvalue weighted by atomic mass is 10.3. The van der Waals surface area contributed by atoms with Gasteiger partial charge in [-0.2, -0.15) is 4.98 Å². The Morgan fingerprint density at radius 1 is 1.14 bits per heavy atom. The van der Waals surface area contributed by atoms with Crippen LogP contribution in [0.25, 0.3) is 0 Å². The Morgan fingerprint density at radius 3 is 2.05 bits per heavy atom. The molecule has 122 valence electrons. The molecule has 1 aromatic heterocycles. The molecular weight excluding hydrogens is 306 g/mol. The third kappa shape index (κ3) is 9.67. The largest absolute Gasteiger partial charge is 0.395 e. The Morgan fingerprint density at radius 2 is 1.67 bits per heavy atom. The number of H-pyrrole nitrogens is 2. The van der Waals surface area contributed by atoms with Gasteiger partial charge in [0.25, 0.3) is 0 Å². The normalized spacial score (nSPS) is 9.90. The summed E-state index contributed by atoms with van der Waals surface area (Å²) in [5.41, 5.74) is 4.78. The Hall–Kier alpha value is -0.830. The fourth-order valence-electron chi connectivity index (χ4n) is 1.55. The fourth-order valence-corrected chi connectivity index (χ4v) is 1.99. The summed E-state index contributed by atoms with van der Waals surface area (Å²) < 4.78 is 0.986. The lowest BCUT2D eigenvalue weighted by molar-refractivity contribution is 0.306. The first kappa shape index (κ1) is 20.2. The van der Waals surface area contributed by atoms with Crippen molar-refractivity contribution < 1.29 is 5.11 Å². The number of aliphatic hydroxyl groups excluding tert-OH is 1. The number of hydrogen-bond donors (Lipinski definition) is 4. The van der Waals surface area contributed by atoms with Crippen molar-refractivity contribution >= 4 is 30.4 Å². The second kappa shape index (κ2) is 12.9. The van der Waals surface area contributed by atoms with Gasteiger partial charge in [0.1, 0.15) is 0 Å². The highest BCUT2D eigenvalue weighted by Gasteiger charge is 2.07. The molecule has 0 aliphatic carbocycles. The predicted molar refractivity (Wildman–Crippen MR) is 92.8 cm³/mol. The first-order chi connectivity index (χ1) is 10.1. The first-order valence-electron chi connectivity index (χ1n) is 7.35. The van der Waals surface area contributed by atoms with Gasteiger partial charge in [0.15, 0.2) is 4.77 Å². The Labute approximate surface area is 136 Å². The SMILES string of the molecule is CCCCN(CCCC)c1nc(=S)[nH]c(=S)[nH]1.NCCO. The van der Waals surface area contributed by atoms with Crippen molar-refractivity contribution in [3.05, 3.63) is 9.54 Å². The minimum Gasteiger partial charge on any atom is -0.395 e. The molecule has 0 amide bonds. The van der Waals surface area contributed by atoms with Gasteiger partial charge in [-0.25, -0.2) is 0 Å². The summed E-state index contributed by atoms with van der Waals surface area (Å²) in [6, 6.07) is 0. The van der Waals surface area contributed by atoms with E-state index < -0.39 is 0 Å². The van der Waals surface area contributed by atoms with Crippen LogP contribution in [0.15, 0.2) is 0 Å². The molecule has 0 unspecified atom stereocenters. The van der Waals surface area contributed by atoms with E-state index in [2.05, 4.69) is 33.7 Å². The van der Waals surface area contributed by atoms with Crippen molar-refractivity contribution in [2.75, 3.05) is 31.1 Å². The maximum absolute atomic E-state index is 7.75. The molecule has 0 aliphatic rings. The van der Waals surface area contributed by atoms with Gasteiger partial charge in [0.05, 0.1) is 6.61 Å². The van der Waals surface area contributed by atoms with E-state index in [1.165, 1.54) is 12.8 Å². The van der Waals surface area contributed by atoms with Gasteiger partial charge < -0.3 is 25.7 Å². The van der Waals surface area contributed by atoms with Crippen molar-refractivity contribution in [1.29, 1.82) is 0 Å². The van der Waals surface area contributed by atoms with Gasteiger partial charge >= 0.3 is 0 Å². The van der Waals surface area contributed by atoms with Crippen LogP contribution < -0.4 is 10.6 Å². The Bertz CT molecular complexity index is 436. The summed E-state index contributed by atoms with van der Waals surface area (Å²) >= 11 is 10.1. The van der Waals surface area contributed by atoms with Crippen molar-refractivity contribution in [3.8, 4) is 0 Å². The number of rotatable bonds is 8. The average molecular weight is 334 g/mol. The minimum atomic E-state index is 0.0972. The topological polar surface area (TPSA) is 94.0 Å². The number of aliphatic hydroxyl groups is 1. The monoisotopic (exact) mass is 333 g/mol. The summed E-state index contributed by atoms with van der Waals surface area (Å²) in [7, 11) is 0. The van der Waals surface area contributed by atoms with E-state index in [1.807, 2.05) is 0 Å². The maximum Gasteiger partial charge on any atom is 0.207 e. The smallest absolute Gasteiger partial charge is 0.207 e. The number of nitrogens with zero attached hydrogens (tertiary/aromatic N) is 2. The van der Waals surface area contributed by atoms with Crippen LogP contribution in [0.2, 0.25) is 0 Å². The maximum atomic E-state index is 7.75. The molecule has 1 heterocycles. The van der Waals surface area contributed by atoms with Gasteiger partial charge in [0.2, 0.25) is 10.7 Å². The van der Waals surface area contributed by atoms with E-state index in [-0.39, 0.29) is 6.61 Å². The van der Waals surface area contributed by atoms with Crippen LogP contribution in [-0.4, -0.2) is 46.3 Å². The summed E-state index contributed by atoms with van der Waals surface area (Å²) in [6.07, 6.45) is 4.64. The van der Waals surface area contributed by atoms with E-state index in [0.29, 0.717) is 16.1 Å². The number of nitrogens with two attached hydrogens (primary N) is 1. The van der Waals surface area contributed by atoms with E-state index in [0.717, 1.165) is 31.9 Å². The van der Waals surface area contributed by atoms with Gasteiger partial charge in [0, 0.05) is 19.6 Å². The first-order valence-corrected chi connectivity index (χ1v) is 8.17. The molecule has 0 atom stereocenters. The van der Waals surface area contributed by atoms with E-state index >= 15 is 0 Å². The highest BCUT2D eigenvalue weighted by Crippen LogP contribution is 2.09. The van der Waals surface area contributed by atoms with Crippen LogP contribution in [0.3, 0.4) is 0 Å². The van der Waals surface area contributed by atoms with E-state index in [1.54, 1.807) is 0 Å². The van der Waals surface area contributed by atoms with Gasteiger partial charge in [-0.3, -0.25) is 0 Å². The van der Waals surface area contributed by atoms with Gasteiger partial charge in [-0.05, 0) is 37.3 Å². The molecule has 0 bridgehead atoms. The van der Waals surface area contributed by atoms with Crippen LogP contribution in [0, 0.1) is 9.54 Å². The molecule has 1 rings (SSSR count). The van der Waals surface area contributed by atoms with Crippen molar-refractivity contribution in [2.24, 2.45) is 5.73 Å². The van der Waals surface area contributed by atoms with E-state index in [4.69, 9.17) is 35.3 Å². The summed E-state index contributed by atoms with van der Waals surface area (Å²) in [5, 5.41) is 7.75. The molecule has 5 N–H and O–H groups in total. The lowest BCUT2D eigenvalue weighted by Crippen LogP contribution is -2.27. The molecule has 0 spiro atoms. The van der Waals surface area contributed by atoms with Gasteiger partial charge in [-0.15, -0.1) is 0 Å². The summed E-state index contributed by atoms with van der Waals surface area (Å²) in [4.78, 5) is 12.4. The molecule has 1 aromatic rings. The third-order valence-electron chi connectivity index (χ3n) is 2.65. The van der Waals surface area contributed by atoms with Crippen LogP contribution >= 0.6 is 24.4 Å². The van der Waals surface area contributed by atoms with Gasteiger partial charge in [-0.1, -0.05) is 26.7 Å². The number of nitrogens with one attached hydrogen (secondary N) is 2. The van der Waals surface area contributed by atoms with Crippen LogP contribution in [0.4, 0.5) is 5.95 Å². The summed E-state index contributed by atoms with van der Waals surface area (Å²) in [6.45, 7) is 6.83. The molecule has 8 heteroatoms. The fraction of sp³-hybridized carbons (Fsp3) is 0.769. The zero-order valence-electron chi connectivity index (χ0n) is 12.9. The van der Waals surface area contributed by atoms with Crippen LogP contribution in [0.5, 0.6) is 0 Å². The molecule has 0 saturated heterocycles. The standard InChI is InChI=1S/C11H20N4S2.C2H7NO/c1-3-5-7-15(8-6-4-2)9-12-10(16)14-11(17)13-9;3-1-2-4/h3-8H2,1-2H3,(H2,12,13,14,16,17);4H,1-3H2. The van der Waals surface area contributed by atoms with Crippen LogP contribution in [-0.2, 0) is 0 Å². The molecule has 0 saturated carbocycles. The zero-order chi connectivity index (χ0) is 16.1. The summed E-state index contributed by atoms with van der Waals surface area (Å²) in [5.74, 6) is 0.792. The predicted octanol–water partition coefficient (Wildman–Crippen LogP) is 2.54. The molecule has 0 fully saturated rings. The molecule has 21 heavy (non-hydrogen) atoms. The highest BCUT2D eigenvalue weighted by atomic mass is 32.1. The van der Waals surface area contributed by atoms with Crippen molar-refractivity contribution in [1.82, 2.24) is 15.0 Å². The quantitative estimate of drug-likeness (QED) is 0.546. The molecular formula is C13H27N5OS2. The number of anilines is 1. The molecule has 6 nitrogen and oxygen atoms in total. The molecule has 0 aliphatic heterocycles. The molecule has 0 aromatic carbocycles. The second-order valence-corrected chi connectivity index (χ2v) is 5.32. The van der Waals surface area contributed by atoms with Crippen LogP contribution in [0.1, 0.15) is 39.5 Å². The number of aromatic amines is 2. The Kier molecular flexibility index (Phi) is 12.4. The number of aromatic nitrogens is 3. The lowest BCUT2D eigenvalue weighted by Gasteiger charge is -2.22. The van der Waals surface area contributed by atoms with Crippen molar-refractivity contribution in [2.45, 2.75) is 39.5 Å². The third-order valence-corrected chi connectivity index (χ3v) is 3.04. The minimum absolute atomic E-state index is 0.0972. The Balaban J connectivity index is 0.000000885. The van der Waals surface area contributed by atoms with Crippen molar-refractivity contribution in [3.63, 3.8) is 0 Å². The van der Waals surface area contributed by atoms with E-state index in [9.17, 15) is 0 Å². The zero-order valence-corrected chi connectivity index (χ0v) is 14.5. The number of hydrogen-bond acceptors (Lipinski definition) is 6. The average Bonchev–Trinajstić information content (AvgIpc) is 2.46.